The number of hydrogen-bond donors (Lipinski definition) is 0. The molecule has 1 aliphatic rings. The first-order chi connectivity index (χ1) is 13.7. The van der Waals surface area contributed by atoms with Crippen LogP contribution in [0.25, 0.3) is 0 Å². The Balaban J connectivity index is 1.69. The van der Waals surface area contributed by atoms with E-state index in [-0.39, 0.29) is 11.9 Å². The lowest BCUT2D eigenvalue weighted by molar-refractivity contribution is 0.0713. The monoisotopic (exact) mass is 392 g/mol. The van der Waals surface area contributed by atoms with E-state index >= 15 is 0 Å². The minimum absolute atomic E-state index is 0.115. The van der Waals surface area contributed by atoms with Gasteiger partial charge < -0.3 is 9.47 Å². The Morgan fingerprint density at radius 2 is 1.82 bits per heavy atom. The van der Waals surface area contributed by atoms with Gasteiger partial charge in [0.05, 0.1) is 26.0 Å². The lowest BCUT2D eigenvalue weighted by Crippen LogP contribution is -2.26. The summed E-state index contributed by atoms with van der Waals surface area (Å²) in [6, 6.07) is 18.9. The van der Waals surface area contributed by atoms with E-state index in [0.717, 1.165) is 21.9 Å². The molecule has 0 aliphatic carbocycles. The van der Waals surface area contributed by atoms with Crippen molar-refractivity contribution < 1.29 is 14.3 Å². The first kappa shape index (κ1) is 18.3. The van der Waals surface area contributed by atoms with Crippen molar-refractivity contribution in [2.75, 3.05) is 14.2 Å². The molecular weight excluding hydrogens is 372 g/mol. The summed E-state index contributed by atoms with van der Waals surface area (Å²) in [6.45, 7) is 0. The average molecular weight is 392 g/mol. The summed E-state index contributed by atoms with van der Waals surface area (Å²) in [5.74, 6) is 1.30. The van der Waals surface area contributed by atoms with Crippen LogP contribution in [0.4, 0.5) is 0 Å². The topological polar surface area (TPSA) is 51.1 Å². The van der Waals surface area contributed by atoms with Crippen LogP contribution >= 0.6 is 11.3 Å². The molecule has 0 bridgehead atoms. The van der Waals surface area contributed by atoms with Gasteiger partial charge in [-0.25, -0.2) is 5.01 Å². The van der Waals surface area contributed by atoms with E-state index in [2.05, 4.69) is 0 Å². The number of hydrogen-bond acceptors (Lipinski definition) is 5. The van der Waals surface area contributed by atoms with E-state index in [1.807, 2.05) is 53.9 Å². The minimum atomic E-state index is -0.138. The predicted octanol–water partition coefficient (Wildman–Crippen LogP) is 4.76. The van der Waals surface area contributed by atoms with Crippen molar-refractivity contribution in [3.05, 3.63) is 82.0 Å². The second kappa shape index (κ2) is 7.86. The summed E-state index contributed by atoms with van der Waals surface area (Å²) in [5.41, 5.74) is 2.43. The summed E-state index contributed by atoms with van der Waals surface area (Å²) in [7, 11) is 3.23. The van der Waals surface area contributed by atoms with Crippen molar-refractivity contribution in [3.63, 3.8) is 0 Å². The van der Waals surface area contributed by atoms with Crippen LogP contribution in [-0.4, -0.2) is 30.8 Å². The van der Waals surface area contributed by atoms with E-state index in [1.165, 1.54) is 0 Å². The van der Waals surface area contributed by atoms with Crippen LogP contribution in [0.3, 0.4) is 0 Å². The molecule has 28 heavy (non-hydrogen) atoms. The van der Waals surface area contributed by atoms with Crippen molar-refractivity contribution >= 4 is 23.0 Å². The zero-order valence-electron chi connectivity index (χ0n) is 15.7. The molecule has 1 aliphatic heterocycles. The van der Waals surface area contributed by atoms with Gasteiger partial charge in [0.25, 0.3) is 5.91 Å². The fraction of sp³-hybridized carbons (Fsp3) is 0.182. The van der Waals surface area contributed by atoms with Gasteiger partial charge in [-0.1, -0.05) is 12.1 Å². The van der Waals surface area contributed by atoms with Crippen LogP contribution in [0.1, 0.15) is 33.3 Å². The van der Waals surface area contributed by atoms with Crippen LogP contribution in [0.2, 0.25) is 0 Å². The first-order valence-electron chi connectivity index (χ1n) is 8.92. The molecule has 2 aromatic carbocycles. The molecular formula is C22H20N2O3S. The maximum Gasteiger partial charge on any atom is 0.274 e. The fourth-order valence-corrected chi connectivity index (χ4v) is 4.06. The molecule has 1 aromatic heterocycles. The third-order valence-corrected chi connectivity index (χ3v) is 5.70. The average Bonchev–Trinajstić information content (AvgIpc) is 3.43. The van der Waals surface area contributed by atoms with Crippen molar-refractivity contribution in [2.45, 2.75) is 12.5 Å². The van der Waals surface area contributed by atoms with Crippen LogP contribution in [0, 0.1) is 0 Å². The van der Waals surface area contributed by atoms with Gasteiger partial charge in [0, 0.05) is 16.9 Å². The van der Waals surface area contributed by atoms with Gasteiger partial charge in [0.2, 0.25) is 0 Å². The summed E-state index contributed by atoms with van der Waals surface area (Å²) < 4.78 is 10.5. The molecule has 0 unspecified atom stereocenters. The maximum atomic E-state index is 13.2. The number of carbonyl (C=O) groups excluding carboxylic acids is 1. The van der Waals surface area contributed by atoms with Gasteiger partial charge in [-0.15, -0.1) is 11.3 Å². The van der Waals surface area contributed by atoms with E-state index < -0.39 is 0 Å². The molecule has 3 aromatic rings. The number of carbonyl (C=O) groups is 1. The van der Waals surface area contributed by atoms with E-state index in [4.69, 9.17) is 14.6 Å². The van der Waals surface area contributed by atoms with Crippen molar-refractivity contribution in [3.8, 4) is 11.5 Å². The molecule has 4 rings (SSSR count). The zero-order chi connectivity index (χ0) is 19.5. The number of nitrogens with zero attached hydrogens (tertiary/aromatic N) is 2. The van der Waals surface area contributed by atoms with Crippen LogP contribution < -0.4 is 9.47 Å². The number of benzene rings is 2. The first-order valence-corrected chi connectivity index (χ1v) is 9.80. The van der Waals surface area contributed by atoms with Crippen LogP contribution in [0.5, 0.6) is 11.5 Å². The minimum Gasteiger partial charge on any atom is -0.497 e. The fourth-order valence-electron chi connectivity index (χ4n) is 3.25. The SMILES string of the molecule is COc1ccc(C2=NN(C(=O)c3cccc(OC)c3)[C@@H](c3cccs3)C2)cc1. The predicted molar refractivity (Wildman–Crippen MR) is 110 cm³/mol. The van der Waals surface area contributed by atoms with Crippen LogP contribution in [-0.2, 0) is 0 Å². The van der Waals surface area contributed by atoms with Gasteiger partial charge in [0.15, 0.2) is 0 Å². The molecule has 2 heterocycles. The smallest absolute Gasteiger partial charge is 0.274 e. The molecule has 5 nitrogen and oxygen atoms in total. The Bertz CT molecular complexity index is 997. The van der Waals surface area contributed by atoms with Gasteiger partial charge in [-0.3, -0.25) is 4.79 Å². The largest absolute Gasteiger partial charge is 0.497 e. The number of thiophene rings is 1. The zero-order valence-corrected chi connectivity index (χ0v) is 16.5. The van der Waals surface area contributed by atoms with E-state index in [0.29, 0.717) is 17.7 Å². The number of hydrazone groups is 1. The Kier molecular flexibility index (Phi) is 5.12. The Hall–Kier alpha value is -3.12. The van der Waals surface area contributed by atoms with Gasteiger partial charge >= 0.3 is 0 Å². The highest BCUT2D eigenvalue weighted by Crippen LogP contribution is 2.36. The number of rotatable bonds is 5. The molecule has 1 amide bonds. The molecule has 0 N–H and O–H groups in total. The lowest BCUT2D eigenvalue weighted by atomic mass is 10.0. The van der Waals surface area contributed by atoms with E-state index in [1.54, 1.807) is 42.7 Å². The normalized spacial score (nSPS) is 16.0. The highest BCUT2D eigenvalue weighted by Gasteiger charge is 2.34. The Morgan fingerprint density at radius 3 is 2.50 bits per heavy atom. The molecule has 1 atom stereocenters. The molecule has 0 spiro atoms. The number of methoxy groups -OCH3 is 2. The molecule has 142 valence electrons. The van der Waals surface area contributed by atoms with Crippen LogP contribution in [0.15, 0.2) is 71.1 Å². The van der Waals surface area contributed by atoms with Crippen molar-refractivity contribution in [1.29, 1.82) is 0 Å². The van der Waals surface area contributed by atoms with Crippen molar-refractivity contribution in [1.82, 2.24) is 5.01 Å². The Morgan fingerprint density at radius 1 is 1.04 bits per heavy atom. The standard InChI is InChI=1S/C22H20N2O3S/c1-26-17-10-8-15(9-11-17)19-14-20(21-7-4-12-28-21)24(23-19)22(25)16-5-3-6-18(13-16)27-2/h3-13,20H,14H2,1-2H3/t20-/m1/s1. The third-order valence-electron chi connectivity index (χ3n) is 4.73. The second-order valence-electron chi connectivity index (χ2n) is 6.39. The summed E-state index contributed by atoms with van der Waals surface area (Å²) >= 11 is 1.64. The summed E-state index contributed by atoms with van der Waals surface area (Å²) in [6.07, 6.45) is 0.669. The van der Waals surface area contributed by atoms with Gasteiger partial charge in [-0.2, -0.15) is 5.10 Å². The summed E-state index contributed by atoms with van der Waals surface area (Å²) in [5, 5.41) is 8.33. The van der Waals surface area contributed by atoms with E-state index in [9.17, 15) is 4.79 Å². The molecule has 6 heteroatoms. The third kappa shape index (κ3) is 3.51. The summed E-state index contributed by atoms with van der Waals surface area (Å²) in [4.78, 5) is 14.4. The van der Waals surface area contributed by atoms with Crippen molar-refractivity contribution in [2.24, 2.45) is 5.10 Å². The molecule has 0 fully saturated rings. The van der Waals surface area contributed by atoms with Gasteiger partial charge in [-0.05, 0) is 59.5 Å². The van der Waals surface area contributed by atoms with Gasteiger partial charge in [0.1, 0.15) is 11.5 Å². The molecule has 0 radical (unpaired) electrons. The molecule has 0 saturated carbocycles. The second-order valence-corrected chi connectivity index (χ2v) is 7.37. The Labute approximate surface area is 167 Å². The molecule has 0 saturated heterocycles. The maximum absolute atomic E-state index is 13.2. The quantitative estimate of drug-likeness (QED) is 0.629. The highest BCUT2D eigenvalue weighted by molar-refractivity contribution is 7.10. The number of amides is 1. The lowest BCUT2D eigenvalue weighted by Gasteiger charge is -2.20. The highest BCUT2D eigenvalue weighted by atomic mass is 32.1. The number of ether oxygens (including phenoxy) is 2.